The van der Waals surface area contributed by atoms with Crippen molar-refractivity contribution in [1.29, 1.82) is 0 Å². The van der Waals surface area contributed by atoms with Crippen LogP contribution < -0.4 is 0 Å². The fourth-order valence-electron chi connectivity index (χ4n) is 1.02. The zero-order chi connectivity index (χ0) is 9.90. The standard InChI is InChI=1S/C7H14O5S/c1-7(2)10-4-6(12-7)5-11-13(8)9-3/h6H,4-5H2,1-3H3. The zero-order valence-electron chi connectivity index (χ0n) is 7.94. The fourth-order valence-corrected chi connectivity index (χ4v) is 1.38. The molecule has 0 aromatic heterocycles. The highest BCUT2D eigenvalue weighted by atomic mass is 32.2. The molecule has 2 unspecified atom stereocenters. The largest absolute Gasteiger partial charge is 0.348 e. The number of rotatable bonds is 4. The van der Waals surface area contributed by atoms with E-state index in [1.54, 1.807) is 0 Å². The van der Waals surface area contributed by atoms with Crippen molar-refractivity contribution in [3.05, 3.63) is 0 Å². The van der Waals surface area contributed by atoms with E-state index in [9.17, 15) is 4.21 Å². The van der Waals surface area contributed by atoms with Crippen molar-refractivity contribution in [1.82, 2.24) is 0 Å². The van der Waals surface area contributed by atoms with Crippen LogP contribution in [0.2, 0.25) is 0 Å². The predicted octanol–water partition coefficient (Wildman–Crippen LogP) is 0.380. The molecule has 0 aliphatic carbocycles. The molecule has 2 atom stereocenters. The SMILES string of the molecule is COS(=O)OCC1COC(C)(C)O1. The van der Waals surface area contributed by atoms with E-state index < -0.39 is 17.1 Å². The van der Waals surface area contributed by atoms with Crippen LogP contribution in [-0.4, -0.2) is 36.4 Å². The third-order valence-electron chi connectivity index (χ3n) is 1.55. The second-order valence-corrected chi connectivity index (χ2v) is 4.08. The van der Waals surface area contributed by atoms with Crippen LogP contribution in [0.1, 0.15) is 13.8 Å². The van der Waals surface area contributed by atoms with Crippen LogP contribution in [0.15, 0.2) is 0 Å². The van der Waals surface area contributed by atoms with Gasteiger partial charge < -0.3 is 9.47 Å². The van der Waals surface area contributed by atoms with Gasteiger partial charge in [0.2, 0.25) is 0 Å². The molecule has 13 heavy (non-hydrogen) atoms. The first-order valence-corrected chi connectivity index (χ1v) is 4.95. The Balaban J connectivity index is 2.21. The minimum Gasteiger partial charge on any atom is -0.348 e. The van der Waals surface area contributed by atoms with E-state index in [0.717, 1.165) is 0 Å². The molecule has 5 nitrogen and oxygen atoms in total. The molecular formula is C7H14O5S. The molecule has 1 aliphatic heterocycles. The van der Waals surface area contributed by atoms with E-state index in [4.69, 9.17) is 13.7 Å². The summed E-state index contributed by atoms with van der Waals surface area (Å²) in [6, 6.07) is 0. The monoisotopic (exact) mass is 210 g/mol. The van der Waals surface area contributed by atoms with Gasteiger partial charge in [0.1, 0.15) is 6.10 Å². The van der Waals surface area contributed by atoms with Gasteiger partial charge in [0.05, 0.1) is 20.3 Å². The zero-order valence-corrected chi connectivity index (χ0v) is 8.76. The summed E-state index contributed by atoms with van der Waals surface area (Å²) in [6.45, 7) is 4.30. The van der Waals surface area contributed by atoms with Crippen molar-refractivity contribution >= 4 is 11.4 Å². The average molecular weight is 210 g/mol. The van der Waals surface area contributed by atoms with Crippen LogP contribution in [0.25, 0.3) is 0 Å². The van der Waals surface area contributed by atoms with Gasteiger partial charge in [-0.2, -0.15) is 4.21 Å². The molecule has 1 aliphatic rings. The summed E-state index contributed by atoms with van der Waals surface area (Å²) < 4.78 is 30.6. The lowest BCUT2D eigenvalue weighted by atomic mass is 10.4. The Morgan fingerprint density at radius 3 is 2.77 bits per heavy atom. The molecule has 1 fully saturated rings. The van der Waals surface area contributed by atoms with Crippen LogP contribution in [0.5, 0.6) is 0 Å². The Bertz CT molecular complexity index is 193. The molecule has 6 heteroatoms. The lowest BCUT2D eigenvalue weighted by Crippen LogP contribution is -2.24. The second kappa shape index (κ2) is 4.47. The predicted molar refractivity (Wildman–Crippen MR) is 46.0 cm³/mol. The molecule has 0 N–H and O–H groups in total. The maximum atomic E-state index is 10.7. The van der Waals surface area contributed by atoms with Crippen molar-refractivity contribution < 1.29 is 22.0 Å². The summed E-state index contributed by atoms with van der Waals surface area (Å²) in [5.74, 6) is -0.567. The van der Waals surface area contributed by atoms with Gasteiger partial charge >= 0.3 is 11.4 Å². The van der Waals surface area contributed by atoms with E-state index in [1.807, 2.05) is 13.8 Å². The molecule has 0 amide bonds. The first-order valence-electron chi connectivity index (χ1n) is 3.95. The normalized spacial score (nSPS) is 29.0. The molecular weight excluding hydrogens is 196 g/mol. The molecule has 1 heterocycles. The third kappa shape index (κ3) is 3.70. The third-order valence-corrected chi connectivity index (χ3v) is 2.15. The average Bonchev–Trinajstić information content (AvgIpc) is 2.41. The van der Waals surface area contributed by atoms with E-state index in [0.29, 0.717) is 6.61 Å². The van der Waals surface area contributed by atoms with E-state index in [-0.39, 0.29) is 12.7 Å². The maximum absolute atomic E-state index is 10.7. The van der Waals surface area contributed by atoms with E-state index in [1.165, 1.54) is 7.11 Å². The summed E-state index contributed by atoms with van der Waals surface area (Å²) >= 11 is -1.68. The van der Waals surface area contributed by atoms with Crippen molar-refractivity contribution in [2.45, 2.75) is 25.7 Å². The minimum atomic E-state index is -1.68. The molecule has 0 spiro atoms. The van der Waals surface area contributed by atoms with Crippen LogP contribution in [-0.2, 0) is 29.2 Å². The van der Waals surface area contributed by atoms with Crippen molar-refractivity contribution in [2.24, 2.45) is 0 Å². The fraction of sp³-hybridized carbons (Fsp3) is 1.00. The van der Waals surface area contributed by atoms with Gasteiger partial charge in [-0.3, -0.25) is 8.37 Å². The van der Waals surface area contributed by atoms with Gasteiger partial charge in [-0.1, -0.05) is 0 Å². The smallest absolute Gasteiger partial charge is 0.304 e. The van der Waals surface area contributed by atoms with Crippen LogP contribution >= 0.6 is 0 Å². The summed E-state index contributed by atoms with van der Waals surface area (Å²) in [7, 11) is 1.31. The second-order valence-electron chi connectivity index (χ2n) is 3.11. The molecule has 0 radical (unpaired) electrons. The summed E-state index contributed by atoms with van der Waals surface area (Å²) in [5, 5.41) is 0. The highest BCUT2D eigenvalue weighted by Gasteiger charge is 2.33. The van der Waals surface area contributed by atoms with Crippen LogP contribution in [0.3, 0.4) is 0 Å². The Kier molecular flexibility index (Phi) is 3.81. The first-order chi connectivity index (χ1) is 6.03. The van der Waals surface area contributed by atoms with Gasteiger partial charge in [-0.15, -0.1) is 0 Å². The highest BCUT2D eigenvalue weighted by molar-refractivity contribution is 7.75. The van der Waals surface area contributed by atoms with Crippen molar-refractivity contribution in [2.75, 3.05) is 20.3 Å². The number of hydrogen-bond acceptors (Lipinski definition) is 5. The molecule has 1 rings (SSSR count). The summed E-state index contributed by atoms with van der Waals surface area (Å²) in [5.41, 5.74) is 0. The Hall–Kier alpha value is -0.0100. The molecule has 1 saturated heterocycles. The van der Waals surface area contributed by atoms with Gasteiger partial charge in [0, 0.05) is 0 Å². The van der Waals surface area contributed by atoms with Gasteiger partial charge in [-0.05, 0) is 13.8 Å². The Morgan fingerprint density at radius 1 is 1.62 bits per heavy atom. The summed E-state index contributed by atoms with van der Waals surface area (Å²) in [6.07, 6.45) is -0.172. The van der Waals surface area contributed by atoms with E-state index in [2.05, 4.69) is 4.18 Å². The van der Waals surface area contributed by atoms with Crippen LogP contribution in [0, 0.1) is 0 Å². The molecule has 0 aromatic carbocycles. The molecule has 0 saturated carbocycles. The Morgan fingerprint density at radius 2 is 2.31 bits per heavy atom. The molecule has 0 aromatic rings. The topological polar surface area (TPSA) is 54.0 Å². The van der Waals surface area contributed by atoms with Gasteiger partial charge in [0.15, 0.2) is 5.79 Å². The lowest BCUT2D eigenvalue weighted by Gasteiger charge is -2.16. The van der Waals surface area contributed by atoms with Gasteiger partial charge in [0.25, 0.3) is 0 Å². The minimum absolute atomic E-state index is 0.172. The maximum Gasteiger partial charge on any atom is 0.304 e. The van der Waals surface area contributed by atoms with Crippen molar-refractivity contribution in [3.8, 4) is 0 Å². The quantitative estimate of drug-likeness (QED) is 0.671. The number of ether oxygens (including phenoxy) is 2. The molecule has 0 bridgehead atoms. The van der Waals surface area contributed by atoms with Gasteiger partial charge in [-0.25, -0.2) is 0 Å². The molecule has 78 valence electrons. The lowest BCUT2D eigenvalue weighted by molar-refractivity contribution is -0.141. The van der Waals surface area contributed by atoms with E-state index >= 15 is 0 Å². The highest BCUT2D eigenvalue weighted by Crippen LogP contribution is 2.22. The Labute approximate surface area is 80.2 Å². The number of hydrogen-bond donors (Lipinski definition) is 0. The van der Waals surface area contributed by atoms with Crippen molar-refractivity contribution in [3.63, 3.8) is 0 Å². The van der Waals surface area contributed by atoms with Crippen LogP contribution in [0.4, 0.5) is 0 Å². The summed E-state index contributed by atoms with van der Waals surface area (Å²) in [4.78, 5) is 0. The first kappa shape index (κ1) is 11.1.